The second kappa shape index (κ2) is 7.28. The first-order valence-corrected chi connectivity index (χ1v) is 9.50. The SMILES string of the molecule is CC(C)C1CCC(CNC(C)(C)C)C(Cc2cccs2)C1. The molecule has 1 aromatic heterocycles. The average Bonchev–Trinajstić information content (AvgIpc) is 2.89. The molecule has 120 valence electrons. The van der Waals surface area contributed by atoms with Crippen LogP contribution in [0.25, 0.3) is 0 Å². The van der Waals surface area contributed by atoms with Gasteiger partial charge in [-0.15, -0.1) is 11.3 Å². The fourth-order valence-corrected chi connectivity index (χ4v) is 4.41. The molecule has 0 spiro atoms. The van der Waals surface area contributed by atoms with Crippen LogP contribution in [-0.2, 0) is 6.42 Å². The molecule has 1 saturated carbocycles. The largest absolute Gasteiger partial charge is 0.312 e. The van der Waals surface area contributed by atoms with Crippen LogP contribution >= 0.6 is 11.3 Å². The van der Waals surface area contributed by atoms with Gasteiger partial charge in [0.2, 0.25) is 0 Å². The van der Waals surface area contributed by atoms with Crippen molar-refractivity contribution < 1.29 is 0 Å². The maximum absolute atomic E-state index is 3.75. The van der Waals surface area contributed by atoms with E-state index >= 15 is 0 Å². The summed E-state index contributed by atoms with van der Waals surface area (Å²) in [5.41, 5.74) is 0.238. The van der Waals surface area contributed by atoms with Crippen LogP contribution in [0.15, 0.2) is 17.5 Å². The van der Waals surface area contributed by atoms with Gasteiger partial charge in [-0.3, -0.25) is 0 Å². The van der Waals surface area contributed by atoms with E-state index in [0.29, 0.717) is 0 Å². The Labute approximate surface area is 135 Å². The first-order chi connectivity index (χ1) is 9.85. The van der Waals surface area contributed by atoms with Crippen molar-refractivity contribution in [2.24, 2.45) is 23.7 Å². The van der Waals surface area contributed by atoms with Crippen LogP contribution in [0, 0.1) is 23.7 Å². The molecule has 0 bridgehead atoms. The molecule has 1 aliphatic carbocycles. The molecule has 0 saturated heterocycles. The summed E-state index contributed by atoms with van der Waals surface area (Å²) in [5.74, 6) is 3.48. The van der Waals surface area contributed by atoms with Crippen molar-refractivity contribution in [1.82, 2.24) is 5.32 Å². The summed E-state index contributed by atoms with van der Waals surface area (Å²) in [7, 11) is 0. The molecule has 0 radical (unpaired) electrons. The van der Waals surface area contributed by atoms with Gasteiger partial charge >= 0.3 is 0 Å². The highest BCUT2D eigenvalue weighted by molar-refractivity contribution is 7.09. The van der Waals surface area contributed by atoms with Crippen molar-refractivity contribution in [1.29, 1.82) is 0 Å². The molecule has 0 aliphatic heterocycles. The van der Waals surface area contributed by atoms with Gasteiger partial charge in [-0.05, 0) is 88.1 Å². The van der Waals surface area contributed by atoms with Gasteiger partial charge < -0.3 is 5.32 Å². The van der Waals surface area contributed by atoms with Crippen molar-refractivity contribution in [3.63, 3.8) is 0 Å². The molecule has 2 rings (SSSR count). The summed E-state index contributed by atoms with van der Waals surface area (Å²) >= 11 is 1.93. The zero-order valence-electron chi connectivity index (χ0n) is 14.5. The quantitative estimate of drug-likeness (QED) is 0.771. The van der Waals surface area contributed by atoms with Gasteiger partial charge in [-0.2, -0.15) is 0 Å². The van der Waals surface area contributed by atoms with Crippen LogP contribution in [0.3, 0.4) is 0 Å². The van der Waals surface area contributed by atoms with E-state index in [1.807, 2.05) is 11.3 Å². The lowest BCUT2D eigenvalue weighted by Gasteiger charge is -2.39. The summed E-state index contributed by atoms with van der Waals surface area (Å²) in [5, 5.41) is 5.97. The minimum atomic E-state index is 0.238. The fourth-order valence-electron chi connectivity index (χ4n) is 3.61. The van der Waals surface area contributed by atoms with Crippen molar-refractivity contribution in [3.05, 3.63) is 22.4 Å². The smallest absolute Gasteiger partial charge is 0.00966 e. The Morgan fingerprint density at radius 2 is 2.00 bits per heavy atom. The maximum Gasteiger partial charge on any atom is 0.00966 e. The fraction of sp³-hybridized carbons (Fsp3) is 0.789. The summed E-state index contributed by atoms with van der Waals surface area (Å²) in [6.45, 7) is 12.8. The van der Waals surface area contributed by atoms with E-state index < -0.39 is 0 Å². The number of rotatable bonds is 5. The molecule has 1 N–H and O–H groups in total. The minimum Gasteiger partial charge on any atom is -0.312 e. The Hall–Kier alpha value is -0.340. The highest BCUT2D eigenvalue weighted by Gasteiger charge is 2.32. The molecule has 3 unspecified atom stereocenters. The summed E-state index contributed by atoms with van der Waals surface area (Å²) in [6, 6.07) is 4.52. The van der Waals surface area contributed by atoms with E-state index in [1.165, 1.54) is 32.2 Å². The van der Waals surface area contributed by atoms with Crippen LogP contribution < -0.4 is 5.32 Å². The third kappa shape index (κ3) is 5.41. The Kier molecular flexibility index (Phi) is 5.90. The Morgan fingerprint density at radius 1 is 1.24 bits per heavy atom. The third-order valence-electron chi connectivity index (χ3n) is 5.06. The lowest BCUT2D eigenvalue weighted by molar-refractivity contribution is 0.139. The van der Waals surface area contributed by atoms with E-state index in [4.69, 9.17) is 0 Å². The highest BCUT2D eigenvalue weighted by Crippen LogP contribution is 2.39. The van der Waals surface area contributed by atoms with Gasteiger partial charge in [-0.1, -0.05) is 19.9 Å². The predicted octanol–water partition coefficient (Wildman–Crippen LogP) is 5.37. The van der Waals surface area contributed by atoms with E-state index in [1.54, 1.807) is 4.88 Å². The van der Waals surface area contributed by atoms with Crippen LogP contribution in [0.2, 0.25) is 0 Å². The molecule has 3 atom stereocenters. The number of hydrogen-bond acceptors (Lipinski definition) is 2. The van der Waals surface area contributed by atoms with Gasteiger partial charge in [-0.25, -0.2) is 0 Å². The summed E-state index contributed by atoms with van der Waals surface area (Å²) in [4.78, 5) is 1.57. The molecule has 1 fully saturated rings. The molecular weight excluding hydrogens is 274 g/mol. The molecule has 21 heavy (non-hydrogen) atoms. The highest BCUT2D eigenvalue weighted by atomic mass is 32.1. The van der Waals surface area contributed by atoms with Gasteiger partial charge in [0.1, 0.15) is 0 Å². The van der Waals surface area contributed by atoms with Gasteiger partial charge in [0.25, 0.3) is 0 Å². The summed E-state index contributed by atoms with van der Waals surface area (Å²) < 4.78 is 0. The lowest BCUT2D eigenvalue weighted by atomic mass is 9.69. The number of thiophene rings is 1. The maximum atomic E-state index is 3.75. The Bertz CT molecular complexity index is 402. The molecule has 0 aromatic carbocycles. The molecule has 2 heteroatoms. The van der Waals surface area contributed by atoms with Crippen molar-refractivity contribution in [3.8, 4) is 0 Å². The predicted molar refractivity (Wildman–Crippen MR) is 94.9 cm³/mol. The third-order valence-corrected chi connectivity index (χ3v) is 5.96. The first kappa shape index (κ1) is 17.0. The zero-order chi connectivity index (χ0) is 15.5. The van der Waals surface area contributed by atoms with E-state index in [2.05, 4.69) is 57.4 Å². The van der Waals surface area contributed by atoms with Crippen LogP contribution in [0.1, 0.15) is 58.8 Å². The number of nitrogens with one attached hydrogen (secondary N) is 1. The molecule has 0 amide bonds. The van der Waals surface area contributed by atoms with Crippen LogP contribution in [0.5, 0.6) is 0 Å². The Morgan fingerprint density at radius 3 is 2.57 bits per heavy atom. The lowest BCUT2D eigenvalue weighted by Crippen LogP contribution is -2.42. The van der Waals surface area contributed by atoms with Crippen molar-refractivity contribution in [2.75, 3.05) is 6.54 Å². The summed E-state index contributed by atoms with van der Waals surface area (Å²) in [6.07, 6.45) is 5.54. The van der Waals surface area contributed by atoms with E-state index in [9.17, 15) is 0 Å². The van der Waals surface area contributed by atoms with Gasteiger partial charge in [0.15, 0.2) is 0 Å². The average molecular weight is 308 g/mol. The van der Waals surface area contributed by atoms with Gasteiger partial charge in [0.05, 0.1) is 0 Å². The van der Waals surface area contributed by atoms with Crippen LogP contribution in [-0.4, -0.2) is 12.1 Å². The zero-order valence-corrected chi connectivity index (χ0v) is 15.3. The van der Waals surface area contributed by atoms with Crippen molar-refractivity contribution in [2.45, 2.75) is 65.8 Å². The molecular formula is C19H33NS. The van der Waals surface area contributed by atoms with E-state index in [-0.39, 0.29) is 5.54 Å². The minimum absolute atomic E-state index is 0.238. The topological polar surface area (TPSA) is 12.0 Å². The van der Waals surface area contributed by atoms with Gasteiger partial charge in [0, 0.05) is 10.4 Å². The molecule has 1 heterocycles. The standard InChI is InChI=1S/C19H33NS/c1-14(2)15-8-9-16(13-20-19(3,4)5)17(11-15)12-18-7-6-10-21-18/h6-7,10,14-17,20H,8-9,11-13H2,1-5H3. The number of hydrogen-bond donors (Lipinski definition) is 1. The molecule has 1 aromatic rings. The second-order valence-corrected chi connectivity index (χ2v) is 9.28. The second-order valence-electron chi connectivity index (χ2n) is 8.25. The van der Waals surface area contributed by atoms with Crippen LogP contribution in [0.4, 0.5) is 0 Å². The molecule has 1 nitrogen and oxygen atoms in total. The molecule has 1 aliphatic rings. The monoisotopic (exact) mass is 307 g/mol. The first-order valence-electron chi connectivity index (χ1n) is 8.62. The Balaban J connectivity index is 1.99. The van der Waals surface area contributed by atoms with E-state index in [0.717, 1.165) is 23.7 Å². The normalized spacial score (nSPS) is 27.2. The van der Waals surface area contributed by atoms with Crippen molar-refractivity contribution >= 4 is 11.3 Å².